The van der Waals surface area contributed by atoms with Crippen molar-refractivity contribution in [2.24, 2.45) is 0 Å². The summed E-state index contributed by atoms with van der Waals surface area (Å²) in [6.07, 6.45) is 2.91. The van der Waals surface area contributed by atoms with E-state index < -0.39 is 23.6 Å². The van der Waals surface area contributed by atoms with Gasteiger partial charge in [0, 0.05) is 29.7 Å². The topological polar surface area (TPSA) is 140 Å². The number of amides is 1. The molecule has 0 N–H and O–H groups in total. The van der Waals surface area contributed by atoms with E-state index in [9.17, 15) is 14.4 Å². The van der Waals surface area contributed by atoms with Crippen molar-refractivity contribution in [3.63, 3.8) is 0 Å². The lowest BCUT2D eigenvalue weighted by Crippen LogP contribution is -2.35. The van der Waals surface area contributed by atoms with Crippen LogP contribution in [0.15, 0.2) is 71.8 Å². The summed E-state index contributed by atoms with van der Waals surface area (Å²) < 4.78 is 25.3. The number of aromatic nitrogens is 5. The fraction of sp³-hybridized carbons (Fsp3) is 0.366. The van der Waals surface area contributed by atoms with Crippen molar-refractivity contribution >= 4 is 41.2 Å². The Hall–Kier alpha value is -5.40. The van der Waals surface area contributed by atoms with Gasteiger partial charge in [-0.25, -0.2) is 24.2 Å². The average Bonchev–Trinajstić information content (AvgIpc) is 3.56. The molecule has 3 aromatic heterocycles. The largest absolute Gasteiger partial charge is 0.497 e. The van der Waals surface area contributed by atoms with E-state index in [0.717, 1.165) is 16.7 Å². The van der Waals surface area contributed by atoms with Gasteiger partial charge in [-0.1, -0.05) is 61.3 Å². The Balaban J connectivity index is 1.70. The second-order valence-corrected chi connectivity index (χ2v) is 15.2. The molecule has 0 bridgehead atoms. The first kappa shape index (κ1) is 41.8. The van der Waals surface area contributed by atoms with Gasteiger partial charge in [-0.15, -0.1) is 0 Å². The molecule has 1 amide bonds. The molecule has 3 heterocycles. The van der Waals surface area contributed by atoms with Crippen LogP contribution in [0.5, 0.6) is 11.6 Å². The number of halogens is 2. The summed E-state index contributed by atoms with van der Waals surface area (Å²) in [6, 6.07) is 16.4. The maximum absolute atomic E-state index is 13.9. The minimum absolute atomic E-state index is 0.0321. The van der Waals surface area contributed by atoms with E-state index in [4.69, 9.17) is 47.2 Å². The molecular weight excluding hydrogens is 759 g/mol. The lowest BCUT2D eigenvalue weighted by Gasteiger charge is -2.24. The Bertz CT molecular complexity index is 2250. The standard InChI is InChI=1S/C41H46Cl2N6O7/c1-10-55-38(51)34-33(35(24(2)3)49(46-34)32-21-44-39(45-36(32)54-9)47(7)40(52)56-41(4,5)6)30(27-13-15-28(42)16-14-27)19-26-20-31(43)37(50)48(23-26)22-25-11-17-29(53-8)18-12-25/h11-18,20-21,23-24,30H,10,19,22H2,1-9H3. The van der Waals surface area contributed by atoms with Crippen LogP contribution in [0.3, 0.4) is 0 Å². The molecule has 296 valence electrons. The number of benzene rings is 2. The third-order valence-corrected chi connectivity index (χ3v) is 9.28. The number of methoxy groups -OCH3 is 2. The van der Waals surface area contributed by atoms with Gasteiger partial charge in [0.15, 0.2) is 5.69 Å². The first-order valence-electron chi connectivity index (χ1n) is 18.0. The number of pyridine rings is 1. The zero-order chi connectivity index (χ0) is 40.9. The van der Waals surface area contributed by atoms with Gasteiger partial charge in [-0.3, -0.25) is 4.79 Å². The molecule has 0 radical (unpaired) electrons. The third-order valence-electron chi connectivity index (χ3n) is 8.76. The van der Waals surface area contributed by atoms with Gasteiger partial charge in [-0.2, -0.15) is 10.1 Å². The minimum atomic E-state index is -0.740. The Morgan fingerprint density at radius 3 is 2.23 bits per heavy atom. The van der Waals surface area contributed by atoms with Crippen molar-refractivity contribution in [3.05, 3.63) is 121 Å². The molecule has 0 aliphatic carbocycles. The van der Waals surface area contributed by atoms with Crippen LogP contribution >= 0.6 is 23.2 Å². The number of carbonyl (C=O) groups is 2. The zero-order valence-electron chi connectivity index (χ0n) is 32.9. The van der Waals surface area contributed by atoms with E-state index in [2.05, 4.69) is 9.97 Å². The van der Waals surface area contributed by atoms with Crippen molar-refractivity contribution in [2.45, 2.75) is 71.9 Å². The molecule has 0 aliphatic rings. The van der Waals surface area contributed by atoms with Gasteiger partial charge in [0.05, 0.1) is 39.3 Å². The molecule has 0 fully saturated rings. The highest BCUT2D eigenvalue weighted by Crippen LogP contribution is 2.39. The summed E-state index contributed by atoms with van der Waals surface area (Å²) >= 11 is 13.0. The predicted molar refractivity (Wildman–Crippen MR) is 215 cm³/mol. The van der Waals surface area contributed by atoms with Crippen LogP contribution in [0.1, 0.15) is 91.8 Å². The van der Waals surface area contributed by atoms with E-state index in [1.165, 1.54) is 25.3 Å². The van der Waals surface area contributed by atoms with Gasteiger partial charge in [0.2, 0.25) is 11.8 Å². The minimum Gasteiger partial charge on any atom is -0.497 e. The van der Waals surface area contributed by atoms with Gasteiger partial charge in [0.1, 0.15) is 22.1 Å². The summed E-state index contributed by atoms with van der Waals surface area (Å²) in [4.78, 5) is 50.3. The SMILES string of the molecule is CCOC(=O)c1nn(-c2cnc(N(C)C(=O)OC(C)(C)C)nc2OC)c(C(C)C)c1C(Cc1cc(Cl)c(=O)n(Cc2ccc(OC)cc2)c1)c1ccc(Cl)cc1. The average molecular weight is 806 g/mol. The number of esters is 1. The van der Waals surface area contributed by atoms with Crippen LogP contribution in [0.25, 0.3) is 5.69 Å². The second-order valence-electron chi connectivity index (χ2n) is 14.3. The quantitative estimate of drug-likeness (QED) is 0.107. The molecule has 15 heteroatoms. The first-order chi connectivity index (χ1) is 26.5. The molecule has 13 nitrogen and oxygen atoms in total. The number of nitrogens with zero attached hydrogens (tertiary/aromatic N) is 6. The fourth-order valence-corrected chi connectivity index (χ4v) is 6.60. The molecular formula is C41H46Cl2N6O7. The van der Waals surface area contributed by atoms with Crippen LogP contribution < -0.4 is 19.9 Å². The number of ether oxygens (including phenoxy) is 4. The Morgan fingerprint density at radius 2 is 1.64 bits per heavy atom. The van der Waals surface area contributed by atoms with E-state index in [-0.39, 0.29) is 47.2 Å². The molecule has 0 saturated heterocycles. The van der Waals surface area contributed by atoms with E-state index in [0.29, 0.717) is 34.1 Å². The van der Waals surface area contributed by atoms with Gasteiger partial charge in [0.25, 0.3) is 5.56 Å². The van der Waals surface area contributed by atoms with Crippen LogP contribution in [-0.2, 0) is 22.4 Å². The van der Waals surface area contributed by atoms with E-state index >= 15 is 0 Å². The fourth-order valence-electron chi connectivity index (χ4n) is 6.23. The van der Waals surface area contributed by atoms with Crippen molar-refractivity contribution in [2.75, 3.05) is 32.8 Å². The van der Waals surface area contributed by atoms with Crippen molar-refractivity contribution in [1.82, 2.24) is 24.3 Å². The molecule has 1 unspecified atom stereocenters. The smallest absolute Gasteiger partial charge is 0.416 e. The summed E-state index contributed by atoms with van der Waals surface area (Å²) in [5, 5.41) is 5.46. The molecule has 5 aromatic rings. The number of carbonyl (C=O) groups excluding carboxylic acids is 2. The molecule has 5 rings (SSSR count). The Morgan fingerprint density at radius 1 is 0.964 bits per heavy atom. The molecule has 2 aromatic carbocycles. The Kier molecular flexibility index (Phi) is 13.1. The summed E-state index contributed by atoms with van der Waals surface area (Å²) in [5.41, 5.74) is 2.98. The second kappa shape index (κ2) is 17.6. The lowest BCUT2D eigenvalue weighted by atomic mass is 9.83. The molecule has 56 heavy (non-hydrogen) atoms. The maximum Gasteiger partial charge on any atom is 0.416 e. The van der Waals surface area contributed by atoms with Crippen molar-refractivity contribution < 1.29 is 28.5 Å². The molecule has 0 aliphatic heterocycles. The summed E-state index contributed by atoms with van der Waals surface area (Å²) in [7, 11) is 4.53. The highest BCUT2D eigenvalue weighted by atomic mass is 35.5. The molecule has 0 spiro atoms. The van der Waals surface area contributed by atoms with Gasteiger partial charge in [-0.05, 0) is 87.1 Å². The Labute approximate surface area is 336 Å². The van der Waals surface area contributed by atoms with Crippen LogP contribution in [0.4, 0.5) is 10.7 Å². The monoisotopic (exact) mass is 804 g/mol. The maximum atomic E-state index is 13.9. The molecule has 0 saturated carbocycles. The third kappa shape index (κ3) is 9.51. The van der Waals surface area contributed by atoms with Crippen LogP contribution in [0, 0.1) is 0 Å². The molecule has 1 atom stereocenters. The highest BCUT2D eigenvalue weighted by molar-refractivity contribution is 6.30. The summed E-state index contributed by atoms with van der Waals surface area (Å²) in [6.45, 7) is 11.3. The highest BCUT2D eigenvalue weighted by Gasteiger charge is 2.34. The number of hydrogen-bond donors (Lipinski definition) is 0. The first-order valence-corrected chi connectivity index (χ1v) is 18.8. The lowest BCUT2D eigenvalue weighted by molar-refractivity contribution is 0.0515. The number of hydrogen-bond acceptors (Lipinski definition) is 10. The van der Waals surface area contributed by atoms with Crippen LogP contribution in [-0.4, -0.2) is 69.9 Å². The van der Waals surface area contributed by atoms with Crippen molar-refractivity contribution in [3.8, 4) is 17.3 Å². The number of anilines is 1. The van der Waals surface area contributed by atoms with E-state index in [1.807, 2.05) is 50.2 Å². The number of rotatable bonds is 13. The van der Waals surface area contributed by atoms with Gasteiger partial charge >= 0.3 is 12.1 Å². The normalized spacial score (nSPS) is 12.0. The predicted octanol–water partition coefficient (Wildman–Crippen LogP) is 8.24. The summed E-state index contributed by atoms with van der Waals surface area (Å²) in [5.74, 6) is -0.555. The van der Waals surface area contributed by atoms with E-state index in [1.54, 1.807) is 68.4 Å². The van der Waals surface area contributed by atoms with Gasteiger partial charge < -0.3 is 23.5 Å². The zero-order valence-corrected chi connectivity index (χ0v) is 34.4. The van der Waals surface area contributed by atoms with Crippen LogP contribution in [0.2, 0.25) is 10.0 Å². The van der Waals surface area contributed by atoms with Crippen molar-refractivity contribution in [1.29, 1.82) is 0 Å².